The first-order chi connectivity index (χ1) is 18.5. The summed E-state index contributed by atoms with van der Waals surface area (Å²) in [6.07, 6.45) is 13.4. The number of likely N-dealkylation sites (tertiary alicyclic amines) is 1. The van der Waals surface area contributed by atoms with Crippen LogP contribution in [0.5, 0.6) is 5.75 Å². The molecule has 1 aromatic heterocycles. The van der Waals surface area contributed by atoms with E-state index in [-0.39, 0.29) is 24.0 Å². The number of benzene rings is 1. The number of amides is 1. The van der Waals surface area contributed by atoms with Crippen LogP contribution in [0.1, 0.15) is 75.3 Å². The van der Waals surface area contributed by atoms with Crippen LogP contribution in [-0.4, -0.2) is 40.6 Å². The van der Waals surface area contributed by atoms with Crippen molar-refractivity contribution < 1.29 is 14.3 Å². The third kappa shape index (κ3) is 4.00. The van der Waals surface area contributed by atoms with E-state index >= 15 is 0 Å². The van der Waals surface area contributed by atoms with E-state index < -0.39 is 11.1 Å². The summed E-state index contributed by atoms with van der Waals surface area (Å²) in [4.78, 5) is 26.4. The molecule has 0 unspecified atom stereocenters. The number of hydrogen-bond donors (Lipinski definition) is 0. The third-order valence-electron chi connectivity index (χ3n) is 9.77. The van der Waals surface area contributed by atoms with Gasteiger partial charge in [-0.3, -0.25) is 14.8 Å². The largest absolute Gasteiger partial charge is 0.497 e. The number of carbonyl (C=O) groups is 1. The van der Waals surface area contributed by atoms with Crippen molar-refractivity contribution in [1.82, 2.24) is 9.88 Å². The summed E-state index contributed by atoms with van der Waals surface area (Å²) in [6, 6.07) is 12.3. The Morgan fingerprint density at radius 2 is 1.97 bits per heavy atom. The molecule has 3 heterocycles. The summed E-state index contributed by atoms with van der Waals surface area (Å²) < 4.78 is 12.5. The smallest absolute Gasteiger partial charge is 0.232 e. The number of aliphatic imine (C=N–C) groups is 1. The van der Waals surface area contributed by atoms with Gasteiger partial charge in [0.15, 0.2) is 12.0 Å². The molecule has 2 aromatic rings. The van der Waals surface area contributed by atoms with Crippen LogP contribution in [0.2, 0.25) is 0 Å². The van der Waals surface area contributed by atoms with Crippen molar-refractivity contribution in [3.63, 3.8) is 0 Å². The molecular weight excluding hydrogens is 474 g/mol. The number of carbonyl (C=O) groups excluding carboxylic acids is 1. The molecule has 5 atom stereocenters. The number of methoxy groups -OCH3 is 1. The Morgan fingerprint density at radius 1 is 1.18 bits per heavy atom. The van der Waals surface area contributed by atoms with Crippen LogP contribution in [0, 0.1) is 17.3 Å². The summed E-state index contributed by atoms with van der Waals surface area (Å²) >= 11 is 0. The van der Waals surface area contributed by atoms with Gasteiger partial charge in [-0.1, -0.05) is 50.5 Å². The van der Waals surface area contributed by atoms with E-state index in [9.17, 15) is 4.79 Å². The second-order valence-electron chi connectivity index (χ2n) is 11.7. The summed E-state index contributed by atoms with van der Waals surface area (Å²) in [7, 11) is 1.69. The molecule has 1 amide bonds. The standard InChI is InChI=1S/C32H39N3O3/c1-4-16-31-21-32(35(30(31)36)20-23-9-8-17-33-19-23)28(34-29(38-32)25-10-6-5-7-11-25)18-27(22(31)2)24-12-14-26(37-3)15-13-24/h4,8-9,12-15,17,19,22,25,27,29H,1,5-7,10-11,16,18,20-21H2,2-3H3/t22-,27+,29-,31+,32+/m1/s1. The number of nitrogens with zero attached hydrogens (tertiary/aromatic N) is 3. The van der Waals surface area contributed by atoms with E-state index in [1.165, 1.54) is 24.8 Å². The van der Waals surface area contributed by atoms with E-state index in [2.05, 4.69) is 30.6 Å². The predicted octanol–water partition coefficient (Wildman–Crippen LogP) is 6.28. The first-order valence-corrected chi connectivity index (χ1v) is 14.2. The van der Waals surface area contributed by atoms with Crippen LogP contribution in [0.4, 0.5) is 0 Å². The summed E-state index contributed by atoms with van der Waals surface area (Å²) in [5.74, 6) is 1.65. The minimum absolute atomic E-state index is 0.0854. The van der Waals surface area contributed by atoms with Gasteiger partial charge in [0.1, 0.15) is 5.75 Å². The fraction of sp³-hybridized carbons (Fsp3) is 0.531. The van der Waals surface area contributed by atoms with E-state index in [0.717, 1.165) is 36.3 Å². The van der Waals surface area contributed by atoms with Gasteiger partial charge in [0.25, 0.3) is 0 Å². The minimum atomic E-state index is -0.812. The Labute approximate surface area is 226 Å². The fourth-order valence-corrected chi connectivity index (χ4v) is 7.64. The average molecular weight is 514 g/mol. The lowest BCUT2D eigenvalue weighted by molar-refractivity contribution is -0.156. The van der Waals surface area contributed by atoms with Crippen molar-refractivity contribution >= 4 is 11.6 Å². The molecular formula is C32H39N3O3. The van der Waals surface area contributed by atoms with Gasteiger partial charge in [-0.25, -0.2) is 0 Å². The molecule has 6 nitrogen and oxygen atoms in total. The normalized spacial score (nSPS) is 33.0. The summed E-state index contributed by atoms with van der Waals surface area (Å²) in [5.41, 5.74) is 1.86. The Balaban J connectivity index is 1.46. The first-order valence-electron chi connectivity index (χ1n) is 14.2. The molecule has 1 aromatic carbocycles. The first kappa shape index (κ1) is 25.3. The molecule has 38 heavy (non-hydrogen) atoms. The Kier molecular flexibility index (Phi) is 6.63. The van der Waals surface area contributed by atoms with Crippen molar-refractivity contribution in [2.75, 3.05) is 7.11 Å². The van der Waals surface area contributed by atoms with Crippen LogP contribution in [-0.2, 0) is 16.1 Å². The van der Waals surface area contributed by atoms with Gasteiger partial charge in [0.05, 0.1) is 24.8 Å². The molecule has 1 spiro atoms. The zero-order valence-electron chi connectivity index (χ0n) is 22.6. The zero-order valence-corrected chi connectivity index (χ0v) is 22.6. The van der Waals surface area contributed by atoms with E-state index in [0.29, 0.717) is 25.3 Å². The predicted molar refractivity (Wildman–Crippen MR) is 148 cm³/mol. The van der Waals surface area contributed by atoms with Gasteiger partial charge in [-0.15, -0.1) is 6.58 Å². The highest BCUT2D eigenvalue weighted by atomic mass is 16.6. The molecule has 2 bridgehead atoms. The number of ether oxygens (including phenoxy) is 2. The molecule has 200 valence electrons. The molecule has 6 heteroatoms. The number of aromatic nitrogens is 1. The monoisotopic (exact) mass is 513 g/mol. The van der Waals surface area contributed by atoms with Crippen molar-refractivity contribution in [3.8, 4) is 5.75 Å². The Morgan fingerprint density at radius 3 is 2.66 bits per heavy atom. The molecule has 2 aliphatic heterocycles. The third-order valence-corrected chi connectivity index (χ3v) is 9.77. The molecule has 1 saturated heterocycles. The molecule has 2 saturated carbocycles. The van der Waals surface area contributed by atoms with Crippen molar-refractivity contribution in [3.05, 3.63) is 72.6 Å². The molecule has 3 fully saturated rings. The SMILES string of the molecule is C=CC[C@]12C[C@@]3(O[C@H](C4CCCCC4)N=C3C[C@H](c3ccc(OC)cc3)[C@H]1C)N(Cc1cccnc1)C2=O. The van der Waals surface area contributed by atoms with Gasteiger partial charge in [0, 0.05) is 24.7 Å². The Hall–Kier alpha value is -2.99. The van der Waals surface area contributed by atoms with Crippen LogP contribution in [0.25, 0.3) is 0 Å². The van der Waals surface area contributed by atoms with Gasteiger partial charge in [-0.05, 0) is 66.8 Å². The molecule has 2 aliphatic carbocycles. The van der Waals surface area contributed by atoms with Crippen molar-refractivity contribution in [1.29, 1.82) is 0 Å². The van der Waals surface area contributed by atoms with Crippen LogP contribution in [0.15, 0.2) is 66.4 Å². The maximum atomic E-state index is 14.7. The number of rotatable bonds is 7. The van der Waals surface area contributed by atoms with Crippen LogP contribution >= 0.6 is 0 Å². The highest BCUT2D eigenvalue weighted by molar-refractivity contribution is 6.02. The lowest BCUT2D eigenvalue weighted by Crippen LogP contribution is -2.53. The number of fused-ring (bicyclic) bond motifs is 1. The molecule has 4 aliphatic rings. The number of pyridine rings is 1. The highest BCUT2D eigenvalue weighted by Crippen LogP contribution is 2.61. The van der Waals surface area contributed by atoms with E-state index in [4.69, 9.17) is 14.5 Å². The number of hydrogen-bond acceptors (Lipinski definition) is 5. The topological polar surface area (TPSA) is 64.0 Å². The van der Waals surface area contributed by atoms with E-state index in [1.807, 2.05) is 41.4 Å². The maximum absolute atomic E-state index is 14.7. The second kappa shape index (κ2) is 9.96. The fourth-order valence-electron chi connectivity index (χ4n) is 7.64. The minimum Gasteiger partial charge on any atom is -0.497 e. The maximum Gasteiger partial charge on any atom is 0.232 e. The van der Waals surface area contributed by atoms with Crippen molar-refractivity contribution in [2.24, 2.45) is 22.2 Å². The zero-order chi connectivity index (χ0) is 26.3. The van der Waals surface area contributed by atoms with Crippen LogP contribution in [0.3, 0.4) is 0 Å². The Bertz CT molecular complexity index is 1210. The number of allylic oxidation sites excluding steroid dienone is 1. The van der Waals surface area contributed by atoms with Gasteiger partial charge in [-0.2, -0.15) is 0 Å². The molecule has 6 rings (SSSR count). The van der Waals surface area contributed by atoms with E-state index in [1.54, 1.807) is 13.3 Å². The lowest BCUT2D eigenvalue weighted by Gasteiger charge is -2.40. The summed E-state index contributed by atoms with van der Waals surface area (Å²) in [5, 5.41) is 0. The quantitative estimate of drug-likeness (QED) is 0.409. The average Bonchev–Trinajstić information content (AvgIpc) is 3.40. The lowest BCUT2D eigenvalue weighted by atomic mass is 9.66. The van der Waals surface area contributed by atoms with Gasteiger partial charge in [0.2, 0.25) is 5.91 Å². The van der Waals surface area contributed by atoms with Crippen LogP contribution < -0.4 is 4.74 Å². The summed E-state index contributed by atoms with van der Waals surface area (Å²) in [6.45, 7) is 6.82. The van der Waals surface area contributed by atoms with Gasteiger partial charge >= 0.3 is 0 Å². The highest BCUT2D eigenvalue weighted by Gasteiger charge is 2.69. The molecule has 0 radical (unpaired) electrons. The van der Waals surface area contributed by atoms with Gasteiger partial charge < -0.3 is 14.4 Å². The molecule has 0 N–H and O–H groups in total. The van der Waals surface area contributed by atoms with Crippen molar-refractivity contribution in [2.45, 2.75) is 82.7 Å². The second-order valence-corrected chi connectivity index (χ2v) is 11.7.